The Bertz CT molecular complexity index is 462. The van der Waals surface area contributed by atoms with Crippen molar-refractivity contribution in [1.29, 1.82) is 0 Å². The van der Waals surface area contributed by atoms with Crippen LogP contribution >= 0.6 is 23.2 Å². The molecule has 6 heteroatoms. The molecule has 1 aliphatic heterocycles. The minimum absolute atomic E-state index is 0.575. The van der Waals surface area contributed by atoms with E-state index in [1.807, 2.05) is 0 Å². The molecule has 4 nitrogen and oxygen atoms in total. The van der Waals surface area contributed by atoms with Crippen LogP contribution in [0.3, 0.4) is 0 Å². The van der Waals surface area contributed by atoms with E-state index in [0.717, 1.165) is 57.1 Å². The van der Waals surface area contributed by atoms with Gasteiger partial charge >= 0.3 is 0 Å². The summed E-state index contributed by atoms with van der Waals surface area (Å²) in [5.41, 5.74) is 0. The van der Waals surface area contributed by atoms with Crippen molar-refractivity contribution in [3.63, 3.8) is 0 Å². The van der Waals surface area contributed by atoms with E-state index in [0.29, 0.717) is 16.0 Å². The van der Waals surface area contributed by atoms with Crippen molar-refractivity contribution in [1.82, 2.24) is 4.98 Å². The molecule has 0 aromatic carbocycles. The molecule has 0 radical (unpaired) electrons. The molecule has 2 heterocycles. The molecule has 2 rings (SSSR count). The average molecular weight is 332 g/mol. The van der Waals surface area contributed by atoms with Crippen LogP contribution in [0.4, 0.5) is 11.6 Å². The molecule has 118 valence electrons. The predicted molar refractivity (Wildman–Crippen MR) is 89.9 cm³/mol. The summed E-state index contributed by atoms with van der Waals surface area (Å²) in [5, 5.41) is 4.44. The summed E-state index contributed by atoms with van der Waals surface area (Å²) in [6, 6.07) is 1.78. The molecule has 0 aliphatic carbocycles. The summed E-state index contributed by atoms with van der Waals surface area (Å²) in [5.74, 6) is 2.18. The molecular formula is C15H23Cl2N3O. The Morgan fingerprint density at radius 1 is 1.33 bits per heavy atom. The molecule has 1 aromatic heterocycles. The second kappa shape index (κ2) is 8.06. The monoisotopic (exact) mass is 331 g/mol. The number of ether oxygens (including phenoxy) is 1. The Morgan fingerprint density at radius 3 is 2.67 bits per heavy atom. The van der Waals surface area contributed by atoms with Gasteiger partial charge in [0.25, 0.3) is 0 Å². The number of halogens is 2. The first-order chi connectivity index (χ1) is 10.2. The SMILES string of the molecule is CCCNc1nc(N2CCC(COC)CC2)c(Cl)cc1Cl. The van der Waals surface area contributed by atoms with Gasteiger partial charge in [0.15, 0.2) is 0 Å². The van der Waals surface area contributed by atoms with Crippen molar-refractivity contribution in [2.45, 2.75) is 26.2 Å². The molecule has 1 aromatic rings. The Hall–Kier alpha value is -0.710. The molecule has 1 saturated heterocycles. The lowest BCUT2D eigenvalue weighted by Gasteiger charge is -2.33. The van der Waals surface area contributed by atoms with Crippen LogP contribution < -0.4 is 10.2 Å². The van der Waals surface area contributed by atoms with E-state index in [9.17, 15) is 0 Å². The Kier molecular flexibility index (Phi) is 6.40. The van der Waals surface area contributed by atoms with Gasteiger partial charge in [0.05, 0.1) is 10.0 Å². The standard InChI is InChI=1S/C15H23Cl2N3O/c1-3-6-18-14-12(16)9-13(17)15(19-14)20-7-4-11(5-8-20)10-21-2/h9,11H,3-8,10H2,1-2H3,(H,18,19). The first-order valence-electron chi connectivity index (χ1n) is 7.49. The topological polar surface area (TPSA) is 37.4 Å². The third-order valence-electron chi connectivity index (χ3n) is 3.77. The van der Waals surface area contributed by atoms with Crippen LogP contribution in [-0.2, 0) is 4.74 Å². The molecule has 0 saturated carbocycles. The van der Waals surface area contributed by atoms with Gasteiger partial charge in [-0.25, -0.2) is 4.98 Å². The largest absolute Gasteiger partial charge is 0.384 e. The van der Waals surface area contributed by atoms with E-state index in [-0.39, 0.29) is 0 Å². The summed E-state index contributed by atoms with van der Waals surface area (Å²) in [6.07, 6.45) is 3.23. The fourth-order valence-corrected chi connectivity index (χ4v) is 3.14. The number of aromatic nitrogens is 1. The zero-order chi connectivity index (χ0) is 15.2. The number of piperidine rings is 1. The van der Waals surface area contributed by atoms with Gasteiger partial charge in [-0.15, -0.1) is 0 Å². The highest BCUT2D eigenvalue weighted by molar-refractivity contribution is 6.37. The van der Waals surface area contributed by atoms with Crippen molar-refractivity contribution in [3.8, 4) is 0 Å². The second-order valence-electron chi connectivity index (χ2n) is 5.44. The molecule has 0 spiro atoms. The maximum absolute atomic E-state index is 6.33. The minimum Gasteiger partial charge on any atom is -0.384 e. The van der Waals surface area contributed by atoms with Crippen LogP contribution in [0.1, 0.15) is 26.2 Å². The van der Waals surface area contributed by atoms with E-state index in [2.05, 4.69) is 22.1 Å². The molecule has 1 fully saturated rings. The summed E-state index contributed by atoms with van der Waals surface area (Å²) in [6.45, 7) is 5.70. The number of nitrogens with zero attached hydrogens (tertiary/aromatic N) is 2. The van der Waals surface area contributed by atoms with Crippen LogP contribution in [0.2, 0.25) is 10.0 Å². The van der Waals surface area contributed by atoms with Crippen molar-refractivity contribution in [2.24, 2.45) is 5.92 Å². The van der Waals surface area contributed by atoms with Gasteiger partial charge in [-0.3, -0.25) is 0 Å². The second-order valence-corrected chi connectivity index (χ2v) is 6.25. The van der Waals surface area contributed by atoms with E-state index in [4.69, 9.17) is 27.9 Å². The van der Waals surface area contributed by atoms with Crippen LogP contribution in [0, 0.1) is 5.92 Å². The van der Waals surface area contributed by atoms with Crippen molar-refractivity contribution in [3.05, 3.63) is 16.1 Å². The van der Waals surface area contributed by atoms with Crippen LogP contribution in [0.25, 0.3) is 0 Å². The molecule has 0 unspecified atom stereocenters. The number of hydrogen-bond acceptors (Lipinski definition) is 4. The molecule has 0 atom stereocenters. The number of hydrogen-bond donors (Lipinski definition) is 1. The summed E-state index contributed by atoms with van der Waals surface area (Å²) in [7, 11) is 1.76. The zero-order valence-electron chi connectivity index (χ0n) is 12.7. The van der Waals surface area contributed by atoms with Crippen LogP contribution in [0.5, 0.6) is 0 Å². The smallest absolute Gasteiger partial charge is 0.149 e. The third kappa shape index (κ3) is 4.38. The molecule has 1 aliphatic rings. The highest BCUT2D eigenvalue weighted by Gasteiger charge is 2.22. The van der Waals surface area contributed by atoms with E-state index < -0.39 is 0 Å². The maximum atomic E-state index is 6.33. The summed E-state index contributed by atoms with van der Waals surface area (Å²) >= 11 is 12.5. The quantitative estimate of drug-likeness (QED) is 0.852. The van der Waals surface area contributed by atoms with Gasteiger partial charge in [0.2, 0.25) is 0 Å². The Labute approximate surface area is 136 Å². The number of nitrogens with one attached hydrogen (secondary N) is 1. The van der Waals surface area contributed by atoms with Gasteiger partial charge in [-0.2, -0.15) is 0 Å². The fraction of sp³-hybridized carbons (Fsp3) is 0.667. The Balaban J connectivity index is 2.09. The van der Waals surface area contributed by atoms with Gasteiger partial charge < -0.3 is 15.0 Å². The first-order valence-corrected chi connectivity index (χ1v) is 8.25. The molecule has 1 N–H and O–H groups in total. The lowest BCUT2D eigenvalue weighted by atomic mass is 9.98. The molecular weight excluding hydrogens is 309 g/mol. The highest BCUT2D eigenvalue weighted by Crippen LogP contribution is 2.33. The summed E-state index contributed by atoms with van der Waals surface area (Å²) < 4.78 is 5.24. The van der Waals surface area contributed by atoms with Crippen molar-refractivity contribution >= 4 is 34.8 Å². The van der Waals surface area contributed by atoms with Crippen LogP contribution in [0.15, 0.2) is 6.07 Å². The highest BCUT2D eigenvalue weighted by atomic mass is 35.5. The number of rotatable bonds is 6. The lowest BCUT2D eigenvalue weighted by Crippen LogP contribution is -2.35. The fourth-order valence-electron chi connectivity index (χ4n) is 2.59. The van der Waals surface area contributed by atoms with Crippen molar-refractivity contribution < 1.29 is 4.74 Å². The third-order valence-corrected chi connectivity index (χ3v) is 4.34. The van der Waals surface area contributed by atoms with E-state index in [1.54, 1.807) is 13.2 Å². The van der Waals surface area contributed by atoms with Crippen molar-refractivity contribution in [2.75, 3.05) is 43.6 Å². The normalized spacial score (nSPS) is 16.3. The van der Waals surface area contributed by atoms with E-state index >= 15 is 0 Å². The first kappa shape index (κ1) is 16.7. The van der Waals surface area contributed by atoms with Gasteiger partial charge in [-0.05, 0) is 31.2 Å². The lowest BCUT2D eigenvalue weighted by molar-refractivity contribution is 0.139. The van der Waals surface area contributed by atoms with Gasteiger partial charge in [0.1, 0.15) is 11.6 Å². The molecule has 0 amide bonds. The zero-order valence-corrected chi connectivity index (χ0v) is 14.2. The van der Waals surface area contributed by atoms with Crippen LogP contribution in [-0.4, -0.2) is 38.3 Å². The molecule has 0 bridgehead atoms. The minimum atomic E-state index is 0.575. The predicted octanol–water partition coefficient (Wildman–Crippen LogP) is 4.07. The van der Waals surface area contributed by atoms with Gasteiger partial charge in [-0.1, -0.05) is 30.1 Å². The Morgan fingerprint density at radius 2 is 2.05 bits per heavy atom. The number of anilines is 2. The van der Waals surface area contributed by atoms with E-state index in [1.165, 1.54) is 0 Å². The maximum Gasteiger partial charge on any atom is 0.149 e. The average Bonchev–Trinajstić information content (AvgIpc) is 2.48. The number of pyridine rings is 1. The summed E-state index contributed by atoms with van der Waals surface area (Å²) in [4.78, 5) is 6.86. The number of methoxy groups -OCH3 is 1. The molecule has 21 heavy (non-hydrogen) atoms. The van der Waals surface area contributed by atoms with Gasteiger partial charge in [0, 0.05) is 33.4 Å².